The molecule has 1 unspecified atom stereocenters. The normalized spacial score (nSPS) is 18.1. The predicted molar refractivity (Wildman–Crippen MR) is 103 cm³/mol. The SMILES string of the molecule is CCCCCCNC(=NC)NCCCOCC1CCCO1.I. The van der Waals surface area contributed by atoms with Crippen LogP contribution < -0.4 is 10.6 Å². The molecule has 22 heavy (non-hydrogen) atoms. The Morgan fingerprint density at radius 2 is 1.95 bits per heavy atom. The Kier molecular flexibility index (Phi) is 15.7. The van der Waals surface area contributed by atoms with Crippen LogP contribution in [0.15, 0.2) is 4.99 Å². The molecular weight excluding hydrogens is 393 g/mol. The van der Waals surface area contributed by atoms with Crippen molar-refractivity contribution < 1.29 is 9.47 Å². The molecule has 1 aliphatic rings. The zero-order chi connectivity index (χ0) is 15.2. The van der Waals surface area contributed by atoms with Crippen LogP contribution in [0.25, 0.3) is 0 Å². The van der Waals surface area contributed by atoms with Crippen LogP contribution >= 0.6 is 24.0 Å². The highest BCUT2D eigenvalue weighted by atomic mass is 127. The van der Waals surface area contributed by atoms with Gasteiger partial charge in [-0.05, 0) is 25.7 Å². The number of nitrogens with zero attached hydrogens (tertiary/aromatic N) is 1. The summed E-state index contributed by atoms with van der Waals surface area (Å²) < 4.78 is 11.2. The van der Waals surface area contributed by atoms with Crippen molar-refractivity contribution in [2.24, 2.45) is 4.99 Å². The van der Waals surface area contributed by atoms with E-state index in [4.69, 9.17) is 9.47 Å². The van der Waals surface area contributed by atoms with Gasteiger partial charge in [0.2, 0.25) is 0 Å². The summed E-state index contributed by atoms with van der Waals surface area (Å²) in [7, 11) is 1.81. The molecule has 0 radical (unpaired) electrons. The Morgan fingerprint density at radius 1 is 1.18 bits per heavy atom. The fourth-order valence-electron chi connectivity index (χ4n) is 2.35. The molecule has 1 saturated heterocycles. The van der Waals surface area contributed by atoms with Crippen LogP contribution in [0.4, 0.5) is 0 Å². The number of guanidine groups is 1. The third-order valence-electron chi connectivity index (χ3n) is 3.63. The van der Waals surface area contributed by atoms with Crippen molar-refractivity contribution in [3.63, 3.8) is 0 Å². The first-order valence-corrected chi connectivity index (χ1v) is 8.50. The summed E-state index contributed by atoms with van der Waals surface area (Å²) in [5.41, 5.74) is 0. The third-order valence-corrected chi connectivity index (χ3v) is 3.63. The van der Waals surface area contributed by atoms with E-state index in [0.29, 0.717) is 6.10 Å². The van der Waals surface area contributed by atoms with E-state index < -0.39 is 0 Å². The Morgan fingerprint density at radius 3 is 2.59 bits per heavy atom. The van der Waals surface area contributed by atoms with Crippen LogP contribution in [0, 0.1) is 0 Å². The van der Waals surface area contributed by atoms with Gasteiger partial charge in [-0.2, -0.15) is 0 Å². The summed E-state index contributed by atoms with van der Waals surface area (Å²) in [5, 5.41) is 6.66. The van der Waals surface area contributed by atoms with Crippen molar-refractivity contribution in [2.45, 2.75) is 58.0 Å². The minimum Gasteiger partial charge on any atom is -0.379 e. The highest BCUT2D eigenvalue weighted by molar-refractivity contribution is 14.0. The standard InChI is InChI=1S/C16H33N3O2.HI/c1-3-4-5-6-10-18-16(17-2)19-11-8-12-20-14-15-9-7-13-21-15;/h15H,3-14H2,1-2H3,(H2,17,18,19);1H. The smallest absolute Gasteiger partial charge is 0.190 e. The second kappa shape index (κ2) is 15.8. The zero-order valence-corrected chi connectivity index (χ0v) is 16.6. The largest absolute Gasteiger partial charge is 0.379 e. The Labute approximate surface area is 153 Å². The number of hydrogen-bond acceptors (Lipinski definition) is 3. The van der Waals surface area contributed by atoms with E-state index in [1.165, 1.54) is 32.1 Å². The van der Waals surface area contributed by atoms with Crippen LogP contribution in [0.5, 0.6) is 0 Å². The Bertz CT molecular complexity index is 272. The maximum Gasteiger partial charge on any atom is 0.190 e. The van der Waals surface area contributed by atoms with Gasteiger partial charge in [-0.1, -0.05) is 26.2 Å². The molecule has 0 aromatic rings. The summed E-state index contributed by atoms with van der Waals surface area (Å²) in [6.07, 6.45) is 8.73. The molecular formula is C16H34IN3O2. The predicted octanol–water partition coefficient (Wildman–Crippen LogP) is 2.94. The van der Waals surface area contributed by atoms with Gasteiger partial charge in [-0.3, -0.25) is 4.99 Å². The minimum atomic E-state index is 0. The van der Waals surface area contributed by atoms with Crippen LogP contribution in [0.3, 0.4) is 0 Å². The first-order chi connectivity index (χ1) is 10.4. The Hall–Kier alpha value is -0.0800. The summed E-state index contributed by atoms with van der Waals surface area (Å²) >= 11 is 0. The van der Waals surface area contributed by atoms with Crippen LogP contribution in [0.2, 0.25) is 0 Å². The van der Waals surface area contributed by atoms with Gasteiger partial charge >= 0.3 is 0 Å². The molecule has 0 saturated carbocycles. The first-order valence-electron chi connectivity index (χ1n) is 8.50. The second-order valence-electron chi connectivity index (χ2n) is 5.55. The number of ether oxygens (including phenoxy) is 2. The average Bonchev–Trinajstić information content (AvgIpc) is 3.01. The van der Waals surface area contributed by atoms with Crippen LogP contribution in [-0.2, 0) is 9.47 Å². The molecule has 1 aliphatic heterocycles. The van der Waals surface area contributed by atoms with Gasteiger partial charge in [0, 0.05) is 33.4 Å². The topological polar surface area (TPSA) is 54.9 Å². The van der Waals surface area contributed by atoms with Gasteiger partial charge in [-0.25, -0.2) is 0 Å². The molecule has 6 heteroatoms. The van der Waals surface area contributed by atoms with E-state index in [2.05, 4.69) is 22.5 Å². The van der Waals surface area contributed by atoms with Gasteiger partial charge in [0.05, 0.1) is 12.7 Å². The lowest BCUT2D eigenvalue weighted by atomic mass is 10.2. The number of halogens is 1. The molecule has 2 N–H and O–H groups in total. The van der Waals surface area contributed by atoms with Crippen molar-refractivity contribution in [3.8, 4) is 0 Å². The number of nitrogens with one attached hydrogen (secondary N) is 2. The van der Waals surface area contributed by atoms with E-state index >= 15 is 0 Å². The van der Waals surface area contributed by atoms with E-state index in [-0.39, 0.29) is 24.0 Å². The number of unbranched alkanes of at least 4 members (excludes halogenated alkanes) is 3. The molecule has 5 nitrogen and oxygen atoms in total. The molecule has 0 spiro atoms. The first kappa shape index (κ1) is 21.9. The molecule has 0 aliphatic carbocycles. The van der Waals surface area contributed by atoms with E-state index in [1.807, 2.05) is 7.05 Å². The monoisotopic (exact) mass is 427 g/mol. The lowest BCUT2D eigenvalue weighted by Crippen LogP contribution is -2.38. The highest BCUT2D eigenvalue weighted by Crippen LogP contribution is 2.11. The van der Waals surface area contributed by atoms with Crippen molar-refractivity contribution in [1.82, 2.24) is 10.6 Å². The molecule has 1 fully saturated rings. The fraction of sp³-hybridized carbons (Fsp3) is 0.938. The third kappa shape index (κ3) is 11.5. The number of aliphatic imine (C=N–C) groups is 1. The average molecular weight is 427 g/mol. The lowest BCUT2D eigenvalue weighted by molar-refractivity contribution is 0.0168. The van der Waals surface area contributed by atoms with Gasteiger partial charge in [-0.15, -0.1) is 24.0 Å². The molecule has 0 aromatic heterocycles. The van der Waals surface area contributed by atoms with Gasteiger partial charge in [0.1, 0.15) is 0 Å². The van der Waals surface area contributed by atoms with E-state index in [9.17, 15) is 0 Å². The fourth-order valence-corrected chi connectivity index (χ4v) is 2.35. The van der Waals surface area contributed by atoms with Crippen molar-refractivity contribution in [2.75, 3.05) is 40.0 Å². The second-order valence-corrected chi connectivity index (χ2v) is 5.55. The zero-order valence-electron chi connectivity index (χ0n) is 14.2. The Balaban J connectivity index is 0.00000441. The van der Waals surface area contributed by atoms with Gasteiger partial charge in [0.25, 0.3) is 0 Å². The molecule has 132 valence electrons. The van der Waals surface area contributed by atoms with E-state index in [0.717, 1.165) is 51.7 Å². The molecule has 0 bridgehead atoms. The minimum absolute atomic E-state index is 0. The van der Waals surface area contributed by atoms with Crippen molar-refractivity contribution in [3.05, 3.63) is 0 Å². The van der Waals surface area contributed by atoms with Gasteiger partial charge < -0.3 is 20.1 Å². The van der Waals surface area contributed by atoms with Crippen LogP contribution in [0.1, 0.15) is 51.9 Å². The summed E-state index contributed by atoms with van der Waals surface area (Å²) in [5.74, 6) is 0.894. The molecule has 1 atom stereocenters. The van der Waals surface area contributed by atoms with Gasteiger partial charge in [0.15, 0.2) is 5.96 Å². The maximum atomic E-state index is 5.63. The summed E-state index contributed by atoms with van der Waals surface area (Å²) in [6, 6.07) is 0. The molecule has 1 heterocycles. The van der Waals surface area contributed by atoms with Crippen molar-refractivity contribution >= 4 is 29.9 Å². The highest BCUT2D eigenvalue weighted by Gasteiger charge is 2.14. The summed E-state index contributed by atoms with van der Waals surface area (Å²) in [6.45, 7) is 6.53. The molecule has 1 rings (SSSR count). The molecule has 0 aromatic carbocycles. The lowest BCUT2D eigenvalue weighted by Gasteiger charge is -2.13. The van der Waals surface area contributed by atoms with Crippen molar-refractivity contribution in [1.29, 1.82) is 0 Å². The number of hydrogen-bond donors (Lipinski definition) is 2. The summed E-state index contributed by atoms with van der Waals surface area (Å²) in [4.78, 5) is 4.22. The maximum absolute atomic E-state index is 5.63. The van der Waals surface area contributed by atoms with Crippen LogP contribution in [-0.4, -0.2) is 52.0 Å². The number of rotatable bonds is 11. The quantitative estimate of drug-likeness (QED) is 0.231. The molecule has 0 amide bonds. The van der Waals surface area contributed by atoms with E-state index in [1.54, 1.807) is 0 Å².